The van der Waals surface area contributed by atoms with Crippen LogP contribution >= 0.6 is 0 Å². The van der Waals surface area contributed by atoms with Crippen molar-refractivity contribution in [3.05, 3.63) is 105 Å². The molecule has 30 heavy (non-hydrogen) atoms. The Morgan fingerprint density at radius 3 is 2.50 bits per heavy atom. The van der Waals surface area contributed by atoms with Crippen LogP contribution in [0.4, 0.5) is 0 Å². The maximum atomic E-state index is 11.7. The van der Waals surface area contributed by atoms with E-state index >= 15 is 0 Å². The molecule has 0 unspecified atom stereocenters. The van der Waals surface area contributed by atoms with Crippen LogP contribution in [-0.4, -0.2) is 24.5 Å². The molecule has 0 radical (unpaired) electrons. The van der Waals surface area contributed by atoms with Gasteiger partial charge in [-0.1, -0.05) is 59.8 Å². The predicted molar refractivity (Wildman–Crippen MR) is 112 cm³/mol. The smallest absolute Gasteiger partial charge is 0.330 e. The molecule has 8 heteroatoms. The quantitative estimate of drug-likeness (QED) is 0.487. The van der Waals surface area contributed by atoms with Gasteiger partial charge in [0.1, 0.15) is 6.73 Å². The van der Waals surface area contributed by atoms with Crippen LogP contribution in [0, 0.1) is 0 Å². The van der Waals surface area contributed by atoms with Gasteiger partial charge in [-0.25, -0.2) is 9.48 Å². The maximum absolute atomic E-state index is 11.7. The minimum absolute atomic E-state index is 0.0607. The summed E-state index contributed by atoms with van der Waals surface area (Å²) in [6, 6.07) is 19.3. The summed E-state index contributed by atoms with van der Waals surface area (Å²) in [7, 11) is 0. The van der Waals surface area contributed by atoms with Crippen molar-refractivity contribution in [3.63, 3.8) is 0 Å². The average Bonchev–Trinajstić information content (AvgIpc) is 3.24. The Morgan fingerprint density at radius 2 is 1.70 bits per heavy atom. The minimum atomic E-state index is -0.490. The van der Waals surface area contributed by atoms with Crippen molar-refractivity contribution >= 4 is 0 Å². The van der Waals surface area contributed by atoms with Crippen molar-refractivity contribution in [1.82, 2.24) is 24.5 Å². The van der Waals surface area contributed by atoms with Gasteiger partial charge in [-0.3, -0.25) is 14.3 Å². The molecule has 152 valence electrons. The Morgan fingerprint density at radius 1 is 0.933 bits per heavy atom. The number of nitrogens with one attached hydrogen (secondary N) is 1. The van der Waals surface area contributed by atoms with Gasteiger partial charge in [-0.15, -0.1) is 5.10 Å². The fourth-order valence-corrected chi connectivity index (χ4v) is 3.22. The molecule has 0 spiro atoms. The third-order valence-electron chi connectivity index (χ3n) is 4.78. The van der Waals surface area contributed by atoms with Gasteiger partial charge in [-0.2, -0.15) is 0 Å². The highest BCUT2D eigenvalue weighted by Crippen LogP contribution is 2.18. The summed E-state index contributed by atoms with van der Waals surface area (Å²) < 4.78 is 8.91. The van der Waals surface area contributed by atoms with E-state index in [1.807, 2.05) is 53.2 Å². The van der Waals surface area contributed by atoms with Gasteiger partial charge in [0.2, 0.25) is 0 Å². The third-order valence-corrected chi connectivity index (χ3v) is 4.78. The van der Waals surface area contributed by atoms with E-state index in [1.54, 1.807) is 6.20 Å². The van der Waals surface area contributed by atoms with Crippen LogP contribution in [0.3, 0.4) is 0 Å². The number of aryl methyl sites for hydroxylation is 2. The normalized spacial score (nSPS) is 10.9. The molecule has 4 aromatic rings. The van der Waals surface area contributed by atoms with Crippen LogP contribution < -0.4 is 11.2 Å². The number of aromatic amines is 1. The van der Waals surface area contributed by atoms with E-state index in [9.17, 15) is 9.59 Å². The number of ether oxygens (including phenoxy) is 1. The first-order chi connectivity index (χ1) is 14.7. The van der Waals surface area contributed by atoms with Gasteiger partial charge in [0.05, 0.1) is 18.5 Å². The molecule has 0 atom stereocenters. The monoisotopic (exact) mass is 403 g/mol. The molecule has 0 bridgehead atoms. The SMILES string of the molecule is O=c1ccn(COCc2ccccc2CCn2nncc2-c2ccccc2)c(=O)[nH]1. The highest BCUT2D eigenvalue weighted by molar-refractivity contribution is 5.57. The Hall–Kier alpha value is -3.78. The zero-order valence-electron chi connectivity index (χ0n) is 16.3. The fraction of sp³-hybridized carbons (Fsp3) is 0.182. The van der Waals surface area contributed by atoms with Gasteiger partial charge in [-0.05, 0) is 17.5 Å². The first-order valence-electron chi connectivity index (χ1n) is 9.59. The lowest BCUT2D eigenvalue weighted by atomic mass is 10.1. The summed E-state index contributed by atoms with van der Waals surface area (Å²) in [5.74, 6) is 0. The molecule has 0 saturated heterocycles. The lowest BCUT2D eigenvalue weighted by molar-refractivity contribution is 0.0603. The summed E-state index contributed by atoms with van der Waals surface area (Å²) in [5, 5.41) is 8.29. The number of hydrogen-bond acceptors (Lipinski definition) is 5. The highest BCUT2D eigenvalue weighted by atomic mass is 16.5. The number of benzene rings is 2. The summed E-state index contributed by atoms with van der Waals surface area (Å²) >= 11 is 0. The van der Waals surface area contributed by atoms with E-state index in [4.69, 9.17) is 4.74 Å². The molecule has 0 fully saturated rings. The van der Waals surface area contributed by atoms with Crippen LogP contribution in [0.25, 0.3) is 11.3 Å². The first-order valence-corrected chi connectivity index (χ1v) is 9.59. The van der Waals surface area contributed by atoms with Crippen molar-refractivity contribution in [3.8, 4) is 11.3 Å². The van der Waals surface area contributed by atoms with Crippen LogP contribution in [0.15, 0.2) is 82.6 Å². The number of aromatic nitrogens is 5. The summed E-state index contributed by atoms with van der Waals surface area (Å²) in [4.78, 5) is 25.1. The van der Waals surface area contributed by atoms with E-state index in [0.717, 1.165) is 28.8 Å². The van der Waals surface area contributed by atoms with Gasteiger partial charge in [0.25, 0.3) is 5.56 Å². The Balaban J connectivity index is 1.41. The fourth-order valence-electron chi connectivity index (χ4n) is 3.22. The van der Waals surface area contributed by atoms with Crippen molar-refractivity contribution in [2.75, 3.05) is 0 Å². The second-order valence-corrected chi connectivity index (χ2v) is 6.78. The van der Waals surface area contributed by atoms with Crippen LogP contribution in [0.1, 0.15) is 11.1 Å². The molecule has 8 nitrogen and oxygen atoms in total. The van der Waals surface area contributed by atoms with Crippen LogP contribution in [-0.2, 0) is 31.0 Å². The predicted octanol–water partition coefficient (Wildman–Crippen LogP) is 2.21. The largest absolute Gasteiger partial charge is 0.356 e. The molecule has 4 rings (SSSR count). The van der Waals surface area contributed by atoms with Crippen LogP contribution in [0.5, 0.6) is 0 Å². The second-order valence-electron chi connectivity index (χ2n) is 6.78. The third kappa shape index (κ3) is 4.61. The molecule has 0 aliphatic carbocycles. The van der Waals surface area contributed by atoms with E-state index in [2.05, 4.69) is 21.4 Å². The van der Waals surface area contributed by atoms with E-state index in [0.29, 0.717) is 13.2 Å². The van der Waals surface area contributed by atoms with E-state index in [1.165, 1.54) is 16.8 Å². The van der Waals surface area contributed by atoms with Crippen molar-refractivity contribution < 1.29 is 4.74 Å². The lowest BCUT2D eigenvalue weighted by Gasteiger charge is -2.12. The Bertz CT molecular complexity index is 1230. The summed E-state index contributed by atoms with van der Waals surface area (Å²) in [6.45, 7) is 1.09. The second kappa shape index (κ2) is 9.15. The van der Waals surface area contributed by atoms with Gasteiger partial charge in [0.15, 0.2) is 0 Å². The van der Waals surface area contributed by atoms with E-state index < -0.39 is 11.2 Å². The summed E-state index contributed by atoms with van der Waals surface area (Å²) in [6.07, 6.45) is 3.95. The highest BCUT2D eigenvalue weighted by Gasteiger charge is 2.08. The zero-order chi connectivity index (χ0) is 20.8. The molecule has 1 N–H and O–H groups in total. The van der Waals surface area contributed by atoms with Crippen LogP contribution in [0.2, 0.25) is 0 Å². The molecule has 0 aliphatic rings. The maximum Gasteiger partial charge on any atom is 0.330 e. The van der Waals surface area contributed by atoms with Gasteiger partial charge in [0, 0.05) is 24.4 Å². The molecule has 0 amide bonds. The number of H-pyrrole nitrogens is 1. The molecule has 2 aromatic carbocycles. The summed E-state index contributed by atoms with van der Waals surface area (Å²) in [5.41, 5.74) is 3.31. The minimum Gasteiger partial charge on any atom is -0.356 e. The number of rotatable bonds is 8. The van der Waals surface area contributed by atoms with Crippen molar-refractivity contribution in [2.45, 2.75) is 26.3 Å². The Labute approximate surface area is 172 Å². The first kappa shape index (κ1) is 19.5. The lowest BCUT2D eigenvalue weighted by Crippen LogP contribution is -2.29. The zero-order valence-corrected chi connectivity index (χ0v) is 16.3. The molecule has 0 aliphatic heterocycles. The van der Waals surface area contributed by atoms with E-state index in [-0.39, 0.29) is 6.73 Å². The molecule has 2 heterocycles. The molecule has 2 aromatic heterocycles. The van der Waals surface area contributed by atoms with Crippen molar-refractivity contribution in [2.24, 2.45) is 0 Å². The standard InChI is InChI=1S/C22H21N5O3/c28-21-11-12-26(22(29)24-21)16-30-15-19-9-5-4-6-17(19)10-13-27-20(14-23-25-27)18-7-2-1-3-8-18/h1-9,11-12,14H,10,13,15-16H2,(H,24,28,29). The topological polar surface area (TPSA) is 94.8 Å². The Kier molecular flexibility index (Phi) is 5.95. The average molecular weight is 403 g/mol. The molecule has 0 saturated carbocycles. The number of nitrogens with zero attached hydrogens (tertiary/aromatic N) is 4. The number of hydrogen-bond donors (Lipinski definition) is 1. The van der Waals surface area contributed by atoms with Gasteiger partial charge < -0.3 is 4.74 Å². The molecular formula is C22H21N5O3. The van der Waals surface area contributed by atoms with Gasteiger partial charge >= 0.3 is 5.69 Å². The molecular weight excluding hydrogens is 382 g/mol. The van der Waals surface area contributed by atoms with Crippen molar-refractivity contribution in [1.29, 1.82) is 0 Å².